The number of fused-ring (bicyclic) bond motifs is 1. The third-order valence-electron chi connectivity index (χ3n) is 1.57. The van der Waals surface area contributed by atoms with E-state index >= 15 is 0 Å². The van der Waals surface area contributed by atoms with E-state index in [1.54, 1.807) is 6.07 Å². The maximum absolute atomic E-state index is 9.27. The second kappa shape index (κ2) is 2.17. The van der Waals surface area contributed by atoms with Gasteiger partial charge in [-0.2, -0.15) is 0 Å². The minimum absolute atomic E-state index is 0.197. The Hall–Kier alpha value is -1.16. The maximum Gasteiger partial charge on any atom is 0.172 e. The highest BCUT2D eigenvalue weighted by Gasteiger charge is 2.14. The van der Waals surface area contributed by atoms with Crippen molar-refractivity contribution in [2.75, 3.05) is 0 Å². The number of aliphatic hydroxyl groups is 1. The molecule has 3 nitrogen and oxygen atoms in total. The number of aliphatic hydroxyl groups excluding tert-OH is 1. The van der Waals surface area contributed by atoms with Crippen molar-refractivity contribution in [2.45, 2.75) is 6.54 Å². The van der Waals surface area contributed by atoms with E-state index in [4.69, 9.17) is 5.11 Å². The van der Waals surface area contributed by atoms with Gasteiger partial charge in [0.1, 0.15) is 5.76 Å². The van der Waals surface area contributed by atoms with Gasteiger partial charge in [-0.25, -0.2) is 0 Å². The number of rotatable bonds is 0. The van der Waals surface area contributed by atoms with E-state index in [9.17, 15) is 5.11 Å². The van der Waals surface area contributed by atoms with Crippen LogP contribution < -0.4 is 5.32 Å². The molecule has 1 aromatic heterocycles. The third kappa shape index (κ3) is 0.952. The van der Waals surface area contributed by atoms with Crippen LogP contribution in [0.1, 0.15) is 10.4 Å². The molecule has 1 aliphatic rings. The summed E-state index contributed by atoms with van der Waals surface area (Å²) in [6.45, 7) is 0.685. The van der Waals surface area contributed by atoms with Gasteiger partial charge in [0.25, 0.3) is 0 Å². The standard InChI is InChI=1S/C7H7NO2S/c9-5-2-8-3-6-4(5)1-7(10)11-6/h1-2,8-10H,3H2. The number of thiophene rings is 1. The van der Waals surface area contributed by atoms with Gasteiger partial charge in [-0.3, -0.25) is 0 Å². The molecule has 2 heterocycles. The summed E-state index contributed by atoms with van der Waals surface area (Å²) in [5, 5.41) is 21.5. The van der Waals surface area contributed by atoms with Crippen LogP contribution in [0.15, 0.2) is 12.3 Å². The predicted octanol–water partition coefficient (Wildman–Crippen LogP) is 1.41. The Morgan fingerprint density at radius 1 is 1.45 bits per heavy atom. The van der Waals surface area contributed by atoms with Gasteiger partial charge in [-0.1, -0.05) is 0 Å². The van der Waals surface area contributed by atoms with E-state index < -0.39 is 0 Å². The van der Waals surface area contributed by atoms with Crippen LogP contribution >= 0.6 is 11.3 Å². The lowest BCUT2D eigenvalue weighted by Gasteiger charge is -2.08. The van der Waals surface area contributed by atoms with Crippen LogP contribution in [0, 0.1) is 0 Å². The number of aromatic hydroxyl groups is 1. The summed E-state index contributed by atoms with van der Waals surface area (Å²) in [4.78, 5) is 0.975. The topological polar surface area (TPSA) is 52.5 Å². The van der Waals surface area contributed by atoms with Gasteiger partial charge in [-0.15, -0.1) is 11.3 Å². The molecule has 0 spiro atoms. The number of nitrogens with one attached hydrogen (secondary N) is 1. The first-order valence-corrected chi connectivity index (χ1v) is 4.03. The number of hydrogen-bond acceptors (Lipinski definition) is 4. The Balaban J connectivity index is 2.55. The van der Waals surface area contributed by atoms with Gasteiger partial charge < -0.3 is 15.5 Å². The summed E-state index contributed by atoms with van der Waals surface area (Å²) in [6, 6.07) is 1.58. The largest absolute Gasteiger partial charge is 0.506 e. The van der Waals surface area contributed by atoms with Crippen molar-refractivity contribution in [2.24, 2.45) is 0 Å². The normalized spacial score (nSPS) is 15.1. The molecule has 2 rings (SSSR count). The first-order valence-electron chi connectivity index (χ1n) is 3.22. The zero-order valence-corrected chi connectivity index (χ0v) is 6.48. The van der Waals surface area contributed by atoms with Crippen molar-refractivity contribution in [3.63, 3.8) is 0 Å². The zero-order valence-electron chi connectivity index (χ0n) is 5.66. The van der Waals surface area contributed by atoms with E-state index in [1.807, 2.05) is 0 Å². The highest BCUT2D eigenvalue weighted by molar-refractivity contribution is 7.14. The van der Waals surface area contributed by atoms with Crippen molar-refractivity contribution < 1.29 is 10.2 Å². The van der Waals surface area contributed by atoms with E-state index in [-0.39, 0.29) is 10.8 Å². The monoisotopic (exact) mass is 169 g/mol. The molecule has 1 aliphatic heterocycles. The van der Waals surface area contributed by atoms with Crippen LogP contribution in [0.5, 0.6) is 5.06 Å². The van der Waals surface area contributed by atoms with E-state index in [2.05, 4.69) is 5.32 Å². The van der Waals surface area contributed by atoms with Crippen molar-refractivity contribution in [1.29, 1.82) is 0 Å². The molecular formula is C7H7NO2S. The molecule has 0 atom stereocenters. The molecule has 11 heavy (non-hydrogen) atoms. The van der Waals surface area contributed by atoms with Crippen LogP contribution in [0.4, 0.5) is 0 Å². The van der Waals surface area contributed by atoms with Gasteiger partial charge in [0, 0.05) is 29.3 Å². The first-order chi connectivity index (χ1) is 5.27. The predicted molar refractivity (Wildman–Crippen MR) is 43.4 cm³/mol. The Bertz CT molecular complexity index is 316. The lowest BCUT2D eigenvalue weighted by Crippen LogP contribution is -2.10. The molecule has 0 aromatic carbocycles. The van der Waals surface area contributed by atoms with E-state index in [0.29, 0.717) is 6.54 Å². The van der Waals surface area contributed by atoms with Gasteiger partial charge in [0.15, 0.2) is 5.06 Å². The summed E-state index contributed by atoms with van der Waals surface area (Å²) in [6.07, 6.45) is 1.54. The van der Waals surface area contributed by atoms with Gasteiger partial charge in [0.2, 0.25) is 0 Å². The van der Waals surface area contributed by atoms with Crippen LogP contribution in [0.25, 0.3) is 5.76 Å². The van der Waals surface area contributed by atoms with Crippen LogP contribution in [0.3, 0.4) is 0 Å². The molecule has 0 aliphatic carbocycles. The summed E-state index contributed by atoms with van der Waals surface area (Å²) in [7, 11) is 0. The summed E-state index contributed by atoms with van der Waals surface area (Å²) < 4.78 is 0. The second-order valence-electron chi connectivity index (χ2n) is 2.33. The molecule has 0 radical (unpaired) electrons. The molecule has 0 saturated carbocycles. The van der Waals surface area contributed by atoms with Crippen molar-refractivity contribution in [3.8, 4) is 5.06 Å². The molecule has 1 aromatic rings. The van der Waals surface area contributed by atoms with E-state index in [1.165, 1.54) is 17.5 Å². The molecule has 0 unspecified atom stereocenters. The van der Waals surface area contributed by atoms with Crippen molar-refractivity contribution in [3.05, 3.63) is 22.7 Å². The maximum atomic E-state index is 9.27. The third-order valence-corrected chi connectivity index (χ3v) is 2.51. The van der Waals surface area contributed by atoms with Crippen molar-refractivity contribution >= 4 is 17.1 Å². The first kappa shape index (κ1) is 6.54. The average molecular weight is 169 g/mol. The quantitative estimate of drug-likeness (QED) is 0.550. The minimum atomic E-state index is 0.197. The molecule has 0 amide bonds. The van der Waals surface area contributed by atoms with Gasteiger partial charge >= 0.3 is 0 Å². The Kier molecular flexibility index (Phi) is 1.29. The highest BCUT2D eigenvalue weighted by Crippen LogP contribution is 2.33. The van der Waals surface area contributed by atoms with Crippen molar-refractivity contribution in [1.82, 2.24) is 5.32 Å². The molecular weight excluding hydrogens is 162 g/mol. The second-order valence-corrected chi connectivity index (χ2v) is 3.45. The summed E-state index contributed by atoms with van der Waals surface area (Å²) in [5.74, 6) is 0.197. The lowest BCUT2D eigenvalue weighted by molar-refractivity contribution is 0.487. The van der Waals surface area contributed by atoms with Crippen LogP contribution in [-0.4, -0.2) is 10.2 Å². The van der Waals surface area contributed by atoms with Gasteiger partial charge in [0.05, 0.1) is 0 Å². The molecule has 0 saturated heterocycles. The fraction of sp³-hybridized carbons (Fsp3) is 0.143. The minimum Gasteiger partial charge on any atom is -0.506 e. The Morgan fingerprint density at radius 2 is 2.27 bits per heavy atom. The summed E-state index contributed by atoms with van der Waals surface area (Å²) >= 11 is 1.29. The summed E-state index contributed by atoms with van der Waals surface area (Å²) in [5.41, 5.74) is 0.742. The van der Waals surface area contributed by atoms with E-state index in [0.717, 1.165) is 10.4 Å². The highest BCUT2D eigenvalue weighted by atomic mass is 32.1. The van der Waals surface area contributed by atoms with Crippen LogP contribution in [0.2, 0.25) is 0 Å². The molecule has 0 bridgehead atoms. The average Bonchev–Trinajstić information content (AvgIpc) is 2.31. The fourth-order valence-corrected chi connectivity index (χ4v) is 1.94. The molecule has 58 valence electrons. The van der Waals surface area contributed by atoms with Crippen LogP contribution in [-0.2, 0) is 6.54 Å². The fourth-order valence-electron chi connectivity index (χ4n) is 1.08. The SMILES string of the molecule is OC1=CNCc2sc(O)cc21. The van der Waals surface area contributed by atoms with Gasteiger partial charge in [-0.05, 0) is 0 Å². The molecule has 0 fully saturated rings. The Morgan fingerprint density at radius 3 is 3.00 bits per heavy atom. The Labute approximate surface area is 67.6 Å². The zero-order chi connectivity index (χ0) is 7.84. The smallest absolute Gasteiger partial charge is 0.172 e. The lowest BCUT2D eigenvalue weighted by atomic mass is 10.2. The number of hydrogen-bond donors (Lipinski definition) is 3. The molecule has 3 N–H and O–H groups in total. The molecule has 4 heteroatoms.